The molecule has 0 aliphatic carbocycles. The fraction of sp³-hybridized carbons (Fsp3) is 0.211. The first-order valence-corrected chi connectivity index (χ1v) is 8.38. The fourth-order valence-corrected chi connectivity index (χ4v) is 2.61. The van der Waals surface area contributed by atoms with Gasteiger partial charge in [0, 0.05) is 12.4 Å². The van der Waals surface area contributed by atoms with Crippen molar-refractivity contribution < 1.29 is 14.3 Å². The second-order valence-corrected chi connectivity index (χ2v) is 5.90. The van der Waals surface area contributed by atoms with E-state index in [-0.39, 0.29) is 5.95 Å². The van der Waals surface area contributed by atoms with Gasteiger partial charge in [-0.25, -0.2) is 19.4 Å². The molecule has 0 saturated heterocycles. The third kappa shape index (κ3) is 4.00. The first-order chi connectivity index (χ1) is 13.0. The lowest BCUT2D eigenvalue weighted by Crippen LogP contribution is -2.30. The zero-order valence-electron chi connectivity index (χ0n) is 15.2. The number of hydrogen-bond acceptors (Lipinski definition) is 6. The molecule has 1 amide bonds. The zero-order valence-corrected chi connectivity index (χ0v) is 15.2. The van der Waals surface area contributed by atoms with E-state index in [2.05, 4.69) is 20.4 Å². The lowest BCUT2D eigenvalue weighted by Gasteiger charge is -2.13. The van der Waals surface area contributed by atoms with Gasteiger partial charge in [-0.2, -0.15) is 5.10 Å². The van der Waals surface area contributed by atoms with Crippen LogP contribution in [-0.4, -0.2) is 37.7 Å². The van der Waals surface area contributed by atoms with Gasteiger partial charge in [-0.1, -0.05) is 18.2 Å². The number of anilines is 1. The molecule has 1 aromatic carbocycles. The van der Waals surface area contributed by atoms with Crippen LogP contribution < -0.4 is 5.32 Å². The van der Waals surface area contributed by atoms with Crippen molar-refractivity contribution >= 4 is 17.8 Å². The van der Waals surface area contributed by atoms with Gasteiger partial charge in [-0.05, 0) is 39.0 Å². The Kier molecular flexibility index (Phi) is 5.25. The molecule has 1 atom stereocenters. The number of carbonyl (C=O) groups excluding carboxylic acids is 2. The maximum absolute atomic E-state index is 12.6. The SMILES string of the molecule is Cc1nn(-c2ccccc2)c(C)c1C(=O)OC(C)C(=O)Nc1ncccn1. The van der Waals surface area contributed by atoms with E-state index in [1.165, 1.54) is 19.3 Å². The van der Waals surface area contributed by atoms with Crippen LogP contribution in [0.25, 0.3) is 5.69 Å². The molecule has 0 bridgehead atoms. The minimum absolute atomic E-state index is 0.148. The van der Waals surface area contributed by atoms with E-state index < -0.39 is 18.0 Å². The number of nitrogens with one attached hydrogen (secondary N) is 1. The Bertz CT molecular complexity index is 954. The number of ether oxygens (including phenoxy) is 1. The van der Waals surface area contributed by atoms with E-state index in [1.807, 2.05) is 30.3 Å². The third-order valence-electron chi connectivity index (χ3n) is 3.95. The van der Waals surface area contributed by atoms with Crippen molar-refractivity contribution in [3.8, 4) is 5.69 Å². The summed E-state index contributed by atoms with van der Waals surface area (Å²) in [7, 11) is 0. The summed E-state index contributed by atoms with van der Waals surface area (Å²) in [5, 5.41) is 6.92. The van der Waals surface area contributed by atoms with E-state index in [9.17, 15) is 9.59 Å². The molecule has 3 aromatic rings. The summed E-state index contributed by atoms with van der Waals surface area (Å²) in [6.07, 6.45) is 1.99. The van der Waals surface area contributed by atoms with Crippen LogP contribution in [0.5, 0.6) is 0 Å². The lowest BCUT2D eigenvalue weighted by molar-refractivity contribution is -0.123. The number of aryl methyl sites for hydroxylation is 1. The van der Waals surface area contributed by atoms with Crippen molar-refractivity contribution in [3.05, 3.63) is 65.7 Å². The molecule has 0 fully saturated rings. The molecule has 8 nitrogen and oxygen atoms in total. The van der Waals surface area contributed by atoms with Crippen LogP contribution in [0.2, 0.25) is 0 Å². The molecule has 0 saturated carbocycles. The van der Waals surface area contributed by atoms with Gasteiger partial charge >= 0.3 is 5.97 Å². The second kappa shape index (κ2) is 7.77. The molecule has 1 unspecified atom stereocenters. The maximum Gasteiger partial charge on any atom is 0.342 e. The van der Waals surface area contributed by atoms with Crippen LogP contribution in [0.1, 0.15) is 28.7 Å². The average molecular weight is 365 g/mol. The Balaban J connectivity index is 1.74. The highest BCUT2D eigenvalue weighted by atomic mass is 16.5. The number of rotatable bonds is 5. The molecule has 8 heteroatoms. The molecular weight excluding hydrogens is 346 g/mol. The molecular formula is C19H19N5O3. The second-order valence-electron chi connectivity index (χ2n) is 5.90. The molecule has 138 valence electrons. The quantitative estimate of drug-likeness (QED) is 0.697. The largest absolute Gasteiger partial charge is 0.449 e. The molecule has 27 heavy (non-hydrogen) atoms. The molecule has 0 aliphatic heterocycles. The minimum atomic E-state index is -1.01. The number of nitrogens with zero attached hydrogens (tertiary/aromatic N) is 4. The molecule has 3 rings (SSSR count). The van der Waals surface area contributed by atoms with Gasteiger partial charge < -0.3 is 4.74 Å². The predicted molar refractivity (Wildman–Crippen MR) is 98.6 cm³/mol. The third-order valence-corrected chi connectivity index (χ3v) is 3.95. The standard InChI is InChI=1S/C19H19N5O3/c1-12-16(13(2)24(23-12)15-8-5-4-6-9-15)18(26)27-14(3)17(25)22-19-20-10-7-11-21-19/h4-11,14H,1-3H3,(H,20,21,22,25). The zero-order chi connectivity index (χ0) is 19.4. The molecule has 0 radical (unpaired) electrons. The van der Waals surface area contributed by atoms with Crippen molar-refractivity contribution in [2.24, 2.45) is 0 Å². The van der Waals surface area contributed by atoms with E-state index in [1.54, 1.807) is 24.6 Å². The van der Waals surface area contributed by atoms with E-state index in [0.29, 0.717) is 17.0 Å². The van der Waals surface area contributed by atoms with Crippen LogP contribution in [0.15, 0.2) is 48.8 Å². The number of carbonyl (C=O) groups is 2. The van der Waals surface area contributed by atoms with Crippen molar-refractivity contribution in [1.29, 1.82) is 0 Å². The first-order valence-electron chi connectivity index (χ1n) is 8.38. The number of amides is 1. The number of aromatic nitrogens is 4. The molecule has 0 aliphatic rings. The number of esters is 1. The van der Waals surface area contributed by atoms with Crippen LogP contribution >= 0.6 is 0 Å². The summed E-state index contributed by atoms with van der Waals surface area (Å²) in [6, 6.07) is 11.1. The Morgan fingerprint density at radius 3 is 2.41 bits per heavy atom. The summed E-state index contributed by atoms with van der Waals surface area (Å²) < 4.78 is 7.00. The van der Waals surface area contributed by atoms with Crippen molar-refractivity contribution in [2.75, 3.05) is 5.32 Å². The summed E-state index contributed by atoms with van der Waals surface area (Å²) in [6.45, 7) is 5.00. The smallest absolute Gasteiger partial charge is 0.342 e. The van der Waals surface area contributed by atoms with Crippen molar-refractivity contribution in [3.63, 3.8) is 0 Å². The van der Waals surface area contributed by atoms with Gasteiger partial charge in [0.05, 0.1) is 17.1 Å². The van der Waals surface area contributed by atoms with Gasteiger partial charge in [-0.3, -0.25) is 10.1 Å². The summed E-state index contributed by atoms with van der Waals surface area (Å²) in [4.78, 5) is 32.6. The summed E-state index contributed by atoms with van der Waals surface area (Å²) in [5.41, 5.74) is 2.35. The number of para-hydroxylation sites is 1. The monoisotopic (exact) mass is 365 g/mol. The Labute approximate surface area is 156 Å². The van der Waals surface area contributed by atoms with Crippen LogP contribution in [0.3, 0.4) is 0 Å². The molecule has 2 heterocycles. The fourth-order valence-electron chi connectivity index (χ4n) is 2.61. The highest BCUT2D eigenvalue weighted by Crippen LogP contribution is 2.19. The van der Waals surface area contributed by atoms with Gasteiger partial charge in [-0.15, -0.1) is 0 Å². The van der Waals surface area contributed by atoms with E-state index in [4.69, 9.17) is 4.74 Å². The van der Waals surface area contributed by atoms with Crippen molar-refractivity contribution in [2.45, 2.75) is 26.9 Å². The lowest BCUT2D eigenvalue weighted by atomic mass is 10.2. The number of hydrogen-bond donors (Lipinski definition) is 1. The van der Waals surface area contributed by atoms with Crippen LogP contribution in [0, 0.1) is 13.8 Å². The van der Waals surface area contributed by atoms with Gasteiger partial charge in [0.1, 0.15) is 5.56 Å². The number of benzene rings is 1. The molecule has 1 N–H and O–H groups in total. The Hall–Kier alpha value is -3.55. The minimum Gasteiger partial charge on any atom is -0.449 e. The van der Waals surface area contributed by atoms with Crippen LogP contribution in [-0.2, 0) is 9.53 Å². The average Bonchev–Trinajstić information content (AvgIpc) is 2.97. The van der Waals surface area contributed by atoms with Gasteiger partial charge in [0.25, 0.3) is 5.91 Å². The maximum atomic E-state index is 12.6. The van der Waals surface area contributed by atoms with Gasteiger partial charge in [0.2, 0.25) is 5.95 Å². The first kappa shape index (κ1) is 18.2. The highest BCUT2D eigenvalue weighted by Gasteiger charge is 2.25. The summed E-state index contributed by atoms with van der Waals surface area (Å²) in [5.74, 6) is -0.973. The molecule has 2 aromatic heterocycles. The topological polar surface area (TPSA) is 99.0 Å². The predicted octanol–water partition coefficient (Wildman–Crippen LogP) is 2.46. The van der Waals surface area contributed by atoms with Crippen molar-refractivity contribution in [1.82, 2.24) is 19.7 Å². The normalized spacial score (nSPS) is 11.7. The van der Waals surface area contributed by atoms with Crippen LogP contribution in [0.4, 0.5) is 5.95 Å². The van der Waals surface area contributed by atoms with Gasteiger partial charge in [0.15, 0.2) is 6.10 Å². The summed E-state index contributed by atoms with van der Waals surface area (Å²) >= 11 is 0. The van der Waals surface area contributed by atoms with E-state index >= 15 is 0 Å². The Morgan fingerprint density at radius 1 is 1.07 bits per heavy atom. The molecule has 0 spiro atoms. The Morgan fingerprint density at radius 2 is 1.74 bits per heavy atom. The van der Waals surface area contributed by atoms with E-state index in [0.717, 1.165) is 5.69 Å². The highest BCUT2D eigenvalue weighted by molar-refractivity contribution is 5.97.